The van der Waals surface area contributed by atoms with E-state index < -0.39 is 0 Å². The summed E-state index contributed by atoms with van der Waals surface area (Å²) in [4.78, 5) is 0. The molecule has 0 bridgehead atoms. The van der Waals surface area contributed by atoms with E-state index in [0.29, 0.717) is 0 Å². The number of allylic oxidation sites excluding steroid dienone is 4. The second-order valence-electron chi connectivity index (χ2n) is 8.71. The molecule has 1 unspecified atom stereocenters. The van der Waals surface area contributed by atoms with Crippen LogP contribution in [0.4, 0.5) is 0 Å². The first-order valence-electron chi connectivity index (χ1n) is 10.5. The van der Waals surface area contributed by atoms with Gasteiger partial charge in [0.1, 0.15) is 0 Å². The summed E-state index contributed by atoms with van der Waals surface area (Å²) in [7, 11) is 0. The van der Waals surface area contributed by atoms with Crippen molar-refractivity contribution < 1.29 is 0 Å². The van der Waals surface area contributed by atoms with Crippen LogP contribution in [-0.4, -0.2) is 0 Å². The fraction of sp³-hybridized carbons (Fsp3) is 0.826. The van der Waals surface area contributed by atoms with Crippen molar-refractivity contribution in [3.63, 3.8) is 0 Å². The van der Waals surface area contributed by atoms with Crippen molar-refractivity contribution in [2.24, 2.45) is 29.6 Å². The summed E-state index contributed by atoms with van der Waals surface area (Å²) in [5.74, 6) is 4.74. The Kier molecular flexibility index (Phi) is 7.93. The minimum Gasteiger partial charge on any atom is -0.0805 e. The maximum atomic E-state index is 2.47. The molecule has 2 aliphatic rings. The average Bonchev–Trinajstić information content (AvgIpc) is 3.06. The summed E-state index contributed by atoms with van der Waals surface area (Å²) in [6.45, 7) is 9.58. The van der Waals surface area contributed by atoms with Crippen LogP contribution in [0.15, 0.2) is 23.8 Å². The Bertz CT molecular complexity index is 379. The smallest absolute Gasteiger partial charge is 0.0160 e. The second-order valence-corrected chi connectivity index (χ2v) is 8.71. The lowest BCUT2D eigenvalue weighted by atomic mass is 9.70. The van der Waals surface area contributed by atoms with Crippen molar-refractivity contribution in [1.82, 2.24) is 0 Å². The van der Waals surface area contributed by atoms with Crippen molar-refractivity contribution in [3.05, 3.63) is 23.8 Å². The third-order valence-electron chi connectivity index (χ3n) is 6.50. The van der Waals surface area contributed by atoms with Crippen LogP contribution in [-0.2, 0) is 0 Å². The monoisotopic (exact) mass is 316 g/mol. The molecule has 132 valence electrons. The first-order valence-corrected chi connectivity index (χ1v) is 10.5. The highest BCUT2D eigenvalue weighted by atomic mass is 14.3. The molecule has 0 aromatic rings. The Morgan fingerprint density at radius 2 is 1.78 bits per heavy atom. The van der Waals surface area contributed by atoms with Crippen molar-refractivity contribution in [2.75, 3.05) is 0 Å². The second kappa shape index (κ2) is 9.70. The van der Waals surface area contributed by atoms with Gasteiger partial charge >= 0.3 is 0 Å². The van der Waals surface area contributed by atoms with Gasteiger partial charge in [0, 0.05) is 0 Å². The van der Waals surface area contributed by atoms with Crippen molar-refractivity contribution in [3.8, 4) is 0 Å². The molecule has 0 radical (unpaired) electrons. The molecule has 2 rings (SSSR count). The zero-order valence-electron chi connectivity index (χ0n) is 16.2. The first kappa shape index (κ1) is 18.8. The van der Waals surface area contributed by atoms with Crippen molar-refractivity contribution >= 4 is 0 Å². The molecule has 0 heterocycles. The quantitative estimate of drug-likeness (QED) is 0.411. The van der Waals surface area contributed by atoms with Crippen LogP contribution in [0, 0.1) is 29.6 Å². The lowest BCUT2D eigenvalue weighted by molar-refractivity contribution is 0.167. The zero-order chi connectivity index (χ0) is 16.7. The third kappa shape index (κ3) is 6.12. The minimum absolute atomic E-state index is 0.849. The standard InChI is InChI=1S/C23H40/c1-5-19-11-13-22(14-12-19)23(17-21-9-7-8-10-21)16-20(6-2)15-18(3)4/h7,9-10,18-20,22-23H,5-6,8,11-17H2,1-4H3/t19?,20?,22?,23-/m1/s1. The molecular weight excluding hydrogens is 276 g/mol. The predicted molar refractivity (Wildman–Crippen MR) is 104 cm³/mol. The lowest BCUT2D eigenvalue weighted by Gasteiger charge is -2.36. The summed E-state index contributed by atoms with van der Waals surface area (Å²) in [6.07, 6.45) is 21.4. The van der Waals surface area contributed by atoms with Crippen LogP contribution < -0.4 is 0 Å². The largest absolute Gasteiger partial charge is 0.0805 e. The predicted octanol–water partition coefficient (Wildman–Crippen LogP) is 7.56. The van der Waals surface area contributed by atoms with Crippen LogP contribution in [0.5, 0.6) is 0 Å². The SMILES string of the molecule is CCC1CCC([C@@H](CC2=CCC=C2)CC(CC)CC(C)C)CC1. The van der Waals surface area contributed by atoms with E-state index in [1.165, 1.54) is 64.2 Å². The van der Waals surface area contributed by atoms with Gasteiger partial charge in [0.15, 0.2) is 0 Å². The molecule has 0 heteroatoms. The van der Waals surface area contributed by atoms with Crippen LogP contribution in [0.25, 0.3) is 0 Å². The number of hydrogen-bond donors (Lipinski definition) is 0. The topological polar surface area (TPSA) is 0 Å². The summed E-state index contributed by atoms with van der Waals surface area (Å²) in [5, 5.41) is 0. The van der Waals surface area contributed by atoms with Gasteiger partial charge in [-0.1, -0.05) is 77.2 Å². The van der Waals surface area contributed by atoms with Gasteiger partial charge in [0.2, 0.25) is 0 Å². The molecule has 0 aromatic heterocycles. The van der Waals surface area contributed by atoms with E-state index in [4.69, 9.17) is 0 Å². The molecule has 0 spiro atoms. The summed E-state index contributed by atoms with van der Waals surface area (Å²) in [5.41, 5.74) is 1.63. The van der Waals surface area contributed by atoms with Gasteiger partial charge in [-0.3, -0.25) is 0 Å². The van der Waals surface area contributed by atoms with E-state index in [1.54, 1.807) is 5.57 Å². The van der Waals surface area contributed by atoms with Crippen LogP contribution in [0.3, 0.4) is 0 Å². The fourth-order valence-corrected chi connectivity index (χ4v) is 5.00. The Morgan fingerprint density at radius 3 is 2.30 bits per heavy atom. The first-order chi connectivity index (χ1) is 11.1. The van der Waals surface area contributed by atoms with Crippen LogP contribution in [0.1, 0.15) is 91.9 Å². The molecule has 1 saturated carbocycles. The molecule has 2 atom stereocenters. The van der Waals surface area contributed by atoms with Gasteiger partial charge in [0.05, 0.1) is 0 Å². The Balaban J connectivity index is 1.97. The molecule has 0 aliphatic heterocycles. The number of hydrogen-bond acceptors (Lipinski definition) is 0. The summed E-state index contributed by atoms with van der Waals surface area (Å²) in [6, 6.07) is 0. The molecular formula is C23H40. The highest BCUT2D eigenvalue weighted by Gasteiger charge is 2.29. The minimum atomic E-state index is 0.849. The van der Waals surface area contributed by atoms with Gasteiger partial charge in [-0.15, -0.1) is 0 Å². The Hall–Kier alpha value is -0.520. The third-order valence-corrected chi connectivity index (χ3v) is 6.50. The maximum Gasteiger partial charge on any atom is -0.0160 e. The Labute approximate surface area is 145 Å². The van der Waals surface area contributed by atoms with E-state index in [9.17, 15) is 0 Å². The molecule has 0 N–H and O–H groups in total. The highest BCUT2D eigenvalue weighted by Crippen LogP contribution is 2.41. The summed E-state index contributed by atoms with van der Waals surface area (Å²) >= 11 is 0. The van der Waals surface area contributed by atoms with E-state index in [-0.39, 0.29) is 0 Å². The van der Waals surface area contributed by atoms with Gasteiger partial charge in [-0.25, -0.2) is 0 Å². The van der Waals surface area contributed by atoms with E-state index in [0.717, 1.165) is 29.6 Å². The molecule has 0 amide bonds. The maximum absolute atomic E-state index is 2.47. The molecule has 0 aromatic carbocycles. The average molecular weight is 317 g/mol. The van der Waals surface area contributed by atoms with Gasteiger partial charge in [-0.05, 0) is 68.1 Å². The molecule has 2 aliphatic carbocycles. The summed E-state index contributed by atoms with van der Waals surface area (Å²) < 4.78 is 0. The van der Waals surface area contributed by atoms with Gasteiger partial charge in [0.25, 0.3) is 0 Å². The normalized spacial score (nSPS) is 27.3. The molecule has 1 fully saturated rings. The van der Waals surface area contributed by atoms with Crippen LogP contribution in [0.2, 0.25) is 0 Å². The fourth-order valence-electron chi connectivity index (χ4n) is 5.00. The molecule has 23 heavy (non-hydrogen) atoms. The van der Waals surface area contributed by atoms with Gasteiger partial charge < -0.3 is 0 Å². The highest BCUT2D eigenvalue weighted by molar-refractivity contribution is 5.26. The van der Waals surface area contributed by atoms with E-state index in [1.807, 2.05) is 0 Å². The van der Waals surface area contributed by atoms with Crippen LogP contribution >= 0.6 is 0 Å². The molecule has 0 saturated heterocycles. The van der Waals surface area contributed by atoms with Crippen molar-refractivity contribution in [2.45, 2.75) is 91.9 Å². The number of rotatable bonds is 9. The lowest BCUT2D eigenvalue weighted by Crippen LogP contribution is -2.24. The van der Waals surface area contributed by atoms with E-state index >= 15 is 0 Å². The van der Waals surface area contributed by atoms with Gasteiger partial charge in [-0.2, -0.15) is 0 Å². The zero-order valence-corrected chi connectivity index (χ0v) is 16.2. The molecule has 0 nitrogen and oxygen atoms in total. The van der Waals surface area contributed by atoms with E-state index in [2.05, 4.69) is 45.9 Å². The Morgan fingerprint density at radius 1 is 1.04 bits per heavy atom. The van der Waals surface area contributed by atoms with Crippen molar-refractivity contribution in [1.29, 1.82) is 0 Å².